The molecule has 1 aromatic carbocycles. The van der Waals surface area contributed by atoms with Crippen molar-refractivity contribution in [3.8, 4) is 11.5 Å². The lowest BCUT2D eigenvalue weighted by molar-refractivity contribution is -0.0512. The van der Waals surface area contributed by atoms with E-state index in [1.54, 1.807) is 12.1 Å². The van der Waals surface area contributed by atoms with Crippen molar-refractivity contribution in [1.82, 2.24) is 10.2 Å². The van der Waals surface area contributed by atoms with Crippen molar-refractivity contribution in [2.45, 2.75) is 23.6 Å². The zero-order chi connectivity index (χ0) is 15.9. The van der Waals surface area contributed by atoms with Crippen LogP contribution in [0.15, 0.2) is 22.5 Å². The molecule has 0 saturated carbocycles. The molecule has 2 rings (SSSR count). The van der Waals surface area contributed by atoms with E-state index >= 15 is 0 Å². The Bertz CT molecular complexity index is 611. The maximum atomic E-state index is 12.3. The van der Waals surface area contributed by atoms with E-state index in [0.29, 0.717) is 5.75 Å². The number of hydrogen-bond donors (Lipinski definition) is 1. The summed E-state index contributed by atoms with van der Waals surface area (Å²) < 4.78 is 34.8. The fraction of sp³-hybridized carbons (Fsp3) is 0.385. The number of halogens is 2. The lowest BCUT2D eigenvalue weighted by Gasteiger charge is -2.10. The van der Waals surface area contributed by atoms with E-state index in [9.17, 15) is 8.78 Å². The Labute approximate surface area is 135 Å². The molecule has 0 aliphatic heterocycles. The van der Waals surface area contributed by atoms with Crippen LogP contribution in [0.4, 0.5) is 13.9 Å². The summed E-state index contributed by atoms with van der Waals surface area (Å²) in [6.45, 7) is -0.0916. The van der Waals surface area contributed by atoms with Crippen LogP contribution in [0.2, 0.25) is 0 Å². The highest BCUT2D eigenvalue weighted by atomic mass is 32.2. The van der Waals surface area contributed by atoms with E-state index in [1.165, 1.54) is 36.3 Å². The molecule has 1 aromatic heterocycles. The fourth-order valence-corrected chi connectivity index (χ4v) is 3.39. The molecule has 1 N–H and O–H groups in total. The average Bonchev–Trinajstić information content (AvgIpc) is 2.94. The Morgan fingerprint density at radius 1 is 1.32 bits per heavy atom. The summed E-state index contributed by atoms with van der Waals surface area (Å²) >= 11 is 2.99. The van der Waals surface area contributed by atoms with Gasteiger partial charge in [0.05, 0.1) is 7.11 Å². The van der Waals surface area contributed by atoms with E-state index in [4.69, 9.17) is 4.74 Å². The maximum Gasteiger partial charge on any atom is 0.387 e. The molecule has 0 radical (unpaired) electrons. The molecule has 0 unspecified atom stereocenters. The van der Waals surface area contributed by atoms with Gasteiger partial charge >= 0.3 is 6.61 Å². The minimum atomic E-state index is -2.87. The van der Waals surface area contributed by atoms with Crippen molar-refractivity contribution in [1.29, 1.82) is 0 Å². The molecular weight excluding hydrogens is 332 g/mol. The van der Waals surface area contributed by atoms with Gasteiger partial charge in [-0.15, -0.1) is 10.2 Å². The van der Waals surface area contributed by atoms with Gasteiger partial charge in [0.2, 0.25) is 5.13 Å². The summed E-state index contributed by atoms with van der Waals surface area (Å²) in [5, 5.41) is 11.9. The Morgan fingerprint density at radius 3 is 2.82 bits per heavy atom. The summed E-state index contributed by atoms with van der Waals surface area (Å²) in [6.07, 6.45) is 0. The van der Waals surface area contributed by atoms with Gasteiger partial charge in [0.15, 0.2) is 15.8 Å². The summed E-state index contributed by atoms with van der Waals surface area (Å²) in [5.41, 5.74) is 0.920. The van der Waals surface area contributed by atoms with E-state index < -0.39 is 6.61 Å². The second kappa shape index (κ2) is 8.14. The van der Waals surface area contributed by atoms with Crippen molar-refractivity contribution < 1.29 is 18.3 Å². The van der Waals surface area contributed by atoms with Gasteiger partial charge in [-0.25, -0.2) is 0 Å². The molecule has 0 atom stereocenters. The molecule has 5 nitrogen and oxygen atoms in total. The van der Waals surface area contributed by atoms with Gasteiger partial charge in [-0.1, -0.05) is 29.2 Å². The lowest BCUT2D eigenvalue weighted by atomic mass is 10.2. The quantitative estimate of drug-likeness (QED) is 0.732. The van der Waals surface area contributed by atoms with Gasteiger partial charge < -0.3 is 14.8 Å². The Kier molecular flexibility index (Phi) is 6.20. The predicted octanol–water partition coefficient (Wildman–Crippen LogP) is 3.87. The number of nitrogens with one attached hydrogen (secondary N) is 1. The number of alkyl halides is 2. The van der Waals surface area contributed by atoms with Crippen LogP contribution in [-0.2, 0) is 5.75 Å². The standard InChI is InChI=1S/C13H15F2N3O2S2/c1-3-16-12-17-18-13(22-12)21-7-8-4-5-9(20-11(14)15)10(6-8)19-2/h4-6,11H,3,7H2,1-2H3,(H,16,17). The maximum absolute atomic E-state index is 12.3. The molecule has 0 amide bonds. The van der Waals surface area contributed by atoms with Crippen LogP contribution in [0.3, 0.4) is 0 Å². The van der Waals surface area contributed by atoms with Gasteiger partial charge in [-0.3, -0.25) is 0 Å². The van der Waals surface area contributed by atoms with E-state index in [-0.39, 0.29) is 11.5 Å². The van der Waals surface area contributed by atoms with Crippen molar-refractivity contribution in [2.24, 2.45) is 0 Å². The number of hydrogen-bond acceptors (Lipinski definition) is 7. The number of nitrogens with zero attached hydrogens (tertiary/aromatic N) is 2. The third-order valence-electron chi connectivity index (χ3n) is 2.54. The summed E-state index contributed by atoms with van der Waals surface area (Å²) in [6, 6.07) is 4.88. The minimum absolute atomic E-state index is 0.0246. The number of benzene rings is 1. The normalized spacial score (nSPS) is 10.8. The van der Waals surface area contributed by atoms with Crippen LogP contribution in [-0.4, -0.2) is 30.5 Å². The van der Waals surface area contributed by atoms with Crippen LogP contribution >= 0.6 is 23.1 Å². The predicted molar refractivity (Wildman–Crippen MR) is 83.3 cm³/mol. The van der Waals surface area contributed by atoms with Gasteiger partial charge in [-0.2, -0.15) is 8.78 Å². The molecule has 0 bridgehead atoms. The number of thioether (sulfide) groups is 1. The van der Waals surface area contributed by atoms with Crippen LogP contribution in [0.25, 0.3) is 0 Å². The molecule has 0 fully saturated rings. The number of aromatic nitrogens is 2. The van der Waals surface area contributed by atoms with E-state index in [0.717, 1.165) is 21.6 Å². The smallest absolute Gasteiger partial charge is 0.387 e. The highest BCUT2D eigenvalue weighted by Crippen LogP contribution is 2.33. The second-order valence-corrected chi connectivity index (χ2v) is 6.26. The monoisotopic (exact) mass is 347 g/mol. The van der Waals surface area contributed by atoms with Crippen molar-refractivity contribution in [3.63, 3.8) is 0 Å². The molecule has 2 aromatic rings. The van der Waals surface area contributed by atoms with Crippen molar-refractivity contribution in [3.05, 3.63) is 23.8 Å². The number of rotatable bonds is 8. The minimum Gasteiger partial charge on any atom is -0.493 e. The first kappa shape index (κ1) is 16.8. The topological polar surface area (TPSA) is 56.3 Å². The average molecular weight is 347 g/mol. The lowest BCUT2D eigenvalue weighted by Crippen LogP contribution is -2.03. The highest BCUT2D eigenvalue weighted by molar-refractivity contribution is 8.00. The molecule has 0 aliphatic rings. The Morgan fingerprint density at radius 2 is 2.14 bits per heavy atom. The first-order valence-corrected chi connectivity index (χ1v) is 8.24. The van der Waals surface area contributed by atoms with E-state index in [1.807, 2.05) is 6.92 Å². The number of methoxy groups -OCH3 is 1. The first-order chi connectivity index (χ1) is 10.6. The molecule has 1 heterocycles. The largest absolute Gasteiger partial charge is 0.493 e. The first-order valence-electron chi connectivity index (χ1n) is 6.44. The van der Waals surface area contributed by atoms with Crippen LogP contribution in [0.1, 0.15) is 12.5 Å². The van der Waals surface area contributed by atoms with Crippen molar-refractivity contribution >= 4 is 28.2 Å². The molecule has 22 heavy (non-hydrogen) atoms. The Balaban J connectivity index is 2.00. The van der Waals surface area contributed by atoms with Gasteiger partial charge in [0, 0.05) is 12.3 Å². The third-order valence-corrected chi connectivity index (χ3v) is 4.63. The van der Waals surface area contributed by atoms with Gasteiger partial charge in [0.1, 0.15) is 0 Å². The van der Waals surface area contributed by atoms with E-state index in [2.05, 4.69) is 20.3 Å². The molecule has 120 valence electrons. The number of ether oxygens (including phenoxy) is 2. The zero-order valence-electron chi connectivity index (χ0n) is 12.0. The van der Waals surface area contributed by atoms with Gasteiger partial charge in [0.25, 0.3) is 0 Å². The molecule has 0 saturated heterocycles. The molecule has 0 spiro atoms. The van der Waals surface area contributed by atoms with Crippen LogP contribution in [0.5, 0.6) is 11.5 Å². The number of anilines is 1. The van der Waals surface area contributed by atoms with Gasteiger partial charge in [-0.05, 0) is 24.6 Å². The summed E-state index contributed by atoms with van der Waals surface area (Å²) in [7, 11) is 1.41. The molecular formula is C13H15F2N3O2S2. The molecule has 9 heteroatoms. The zero-order valence-corrected chi connectivity index (χ0v) is 13.6. The Hall–Kier alpha value is -1.61. The summed E-state index contributed by atoms with van der Waals surface area (Å²) in [5.74, 6) is 0.937. The fourth-order valence-electron chi connectivity index (χ4n) is 1.63. The molecule has 0 aliphatic carbocycles. The third kappa shape index (κ3) is 4.70. The van der Waals surface area contributed by atoms with Crippen LogP contribution < -0.4 is 14.8 Å². The SMILES string of the molecule is CCNc1nnc(SCc2ccc(OC(F)F)c(OC)c2)s1. The summed E-state index contributed by atoms with van der Waals surface area (Å²) in [4.78, 5) is 0. The van der Waals surface area contributed by atoms with Crippen molar-refractivity contribution in [2.75, 3.05) is 19.0 Å². The highest BCUT2D eigenvalue weighted by Gasteiger charge is 2.12. The van der Waals surface area contributed by atoms with Crippen LogP contribution in [0, 0.1) is 0 Å². The second-order valence-electron chi connectivity index (χ2n) is 4.06.